The lowest BCUT2D eigenvalue weighted by Crippen LogP contribution is -2.21. The zero-order valence-corrected chi connectivity index (χ0v) is 20.8. The van der Waals surface area contributed by atoms with Crippen LogP contribution in [0.5, 0.6) is 0 Å². The first kappa shape index (κ1) is 23.9. The summed E-state index contributed by atoms with van der Waals surface area (Å²) in [6, 6.07) is 50.2. The van der Waals surface area contributed by atoms with Gasteiger partial charge in [0.15, 0.2) is 6.10 Å². The van der Waals surface area contributed by atoms with Crippen molar-refractivity contribution in [2.24, 2.45) is 0 Å². The van der Waals surface area contributed by atoms with Gasteiger partial charge in [0.1, 0.15) is 0 Å². The molecule has 1 saturated carbocycles. The van der Waals surface area contributed by atoms with Crippen molar-refractivity contribution >= 4 is 5.97 Å². The number of hydrogen-bond donors (Lipinski definition) is 0. The van der Waals surface area contributed by atoms with Crippen molar-refractivity contribution in [1.82, 2.24) is 0 Å². The Morgan fingerprint density at radius 1 is 0.368 bits per heavy atom. The molecule has 0 heterocycles. The molecule has 2 heteroatoms. The Kier molecular flexibility index (Phi) is 6.87. The van der Waals surface area contributed by atoms with Crippen LogP contribution in [0, 0.1) is 29.8 Å². The molecule has 1 aliphatic carbocycles. The van der Waals surface area contributed by atoms with E-state index in [4.69, 9.17) is 4.74 Å². The summed E-state index contributed by atoms with van der Waals surface area (Å²) in [7, 11) is 0. The van der Waals surface area contributed by atoms with E-state index in [1.165, 1.54) is 0 Å². The second-order valence-electron chi connectivity index (χ2n) is 9.05. The van der Waals surface area contributed by atoms with Crippen molar-refractivity contribution in [1.29, 1.82) is 0 Å². The van der Waals surface area contributed by atoms with E-state index < -0.39 is 0 Å². The van der Waals surface area contributed by atoms with Gasteiger partial charge >= 0.3 is 5.97 Å². The maximum Gasteiger partial charge on any atom is 0.338 e. The van der Waals surface area contributed by atoms with Gasteiger partial charge in [0.2, 0.25) is 0 Å². The van der Waals surface area contributed by atoms with Crippen molar-refractivity contribution < 1.29 is 9.53 Å². The van der Waals surface area contributed by atoms with Gasteiger partial charge in [-0.3, -0.25) is 0 Å². The highest BCUT2D eigenvalue weighted by atomic mass is 16.5. The zero-order chi connectivity index (χ0) is 25.7. The van der Waals surface area contributed by atoms with E-state index >= 15 is 0 Å². The molecule has 5 aromatic rings. The standard InChI is InChI=1S/C36H25O2/c37-36(30-24-14-5-15-25-30)38-35-33(28-20-10-3-11-21-28)31(26-16-6-1-7-17-26)32(27-18-8-2-9-19-27)34(35)29-22-12-4-13-23-29/h1-25H. The fraction of sp³-hybridized carbons (Fsp3) is 0. The Hall–Kier alpha value is -4.43. The number of hydrogen-bond acceptors (Lipinski definition) is 2. The van der Waals surface area contributed by atoms with Gasteiger partial charge in [0, 0.05) is 11.8 Å². The second-order valence-corrected chi connectivity index (χ2v) is 9.05. The van der Waals surface area contributed by atoms with Crippen molar-refractivity contribution in [3.8, 4) is 0 Å². The van der Waals surface area contributed by atoms with E-state index in [9.17, 15) is 4.79 Å². The molecule has 0 aliphatic heterocycles. The minimum atomic E-state index is -0.385. The van der Waals surface area contributed by atoms with Crippen LogP contribution in [0.1, 0.15) is 32.6 Å². The quantitative estimate of drug-likeness (QED) is 0.227. The predicted octanol–water partition coefficient (Wildman–Crippen LogP) is 7.88. The summed E-state index contributed by atoms with van der Waals surface area (Å²) in [6.07, 6.45) is 0.564. The monoisotopic (exact) mass is 489 g/mol. The number of ether oxygens (including phenoxy) is 1. The van der Waals surface area contributed by atoms with Crippen LogP contribution in [0.3, 0.4) is 0 Å². The van der Waals surface area contributed by atoms with Gasteiger partial charge in [-0.15, -0.1) is 0 Å². The summed E-state index contributed by atoms with van der Waals surface area (Å²) in [5, 5.41) is 0. The molecule has 0 atom stereocenters. The maximum absolute atomic E-state index is 13.6. The molecule has 5 aromatic carbocycles. The Morgan fingerprint density at radius 3 is 1.00 bits per heavy atom. The van der Waals surface area contributed by atoms with E-state index in [1.54, 1.807) is 12.1 Å². The molecule has 0 amide bonds. The first-order valence-corrected chi connectivity index (χ1v) is 12.7. The predicted molar refractivity (Wildman–Crippen MR) is 150 cm³/mol. The lowest BCUT2D eigenvalue weighted by Gasteiger charge is -2.26. The van der Waals surface area contributed by atoms with Crippen LogP contribution in [0.15, 0.2) is 152 Å². The Labute approximate surface area is 224 Å². The Balaban J connectivity index is 1.58. The van der Waals surface area contributed by atoms with Crippen LogP contribution in [0.4, 0.5) is 0 Å². The highest BCUT2D eigenvalue weighted by Gasteiger charge is 2.57. The van der Waals surface area contributed by atoms with Crippen molar-refractivity contribution in [2.75, 3.05) is 0 Å². The van der Waals surface area contributed by atoms with Gasteiger partial charge < -0.3 is 4.74 Å². The van der Waals surface area contributed by atoms with Gasteiger partial charge in [-0.2, -0.15) is 0 Å². The average Bonchev–Trinajstić information content (AvgIpc) is 3.34. The highest BCUT2D eigenvalue weighted by Crippen LogP contribution is 2.62. The Morgan fingerprint density at radius 2 is 0.658 bits per heavy atom. The van der Waals surface area contributed by atoms with Crippen molar-refractivity contribution in [3.63, 3.8) is 0 Å². The van der Waals surface area contributed by atoms with Crippen LogP contribution < -0.4 is 0 Å². The molecular weight excluding hydrogens is 464 g/mol. The lowest BCUT2D eigenvalue weighted by molar-refractivity contribution is 0.0555. The summed E-state index contributed by atoms with van der Waals surface area (Å²) in [6.45, 7) is 0. The molecule has 0 bridgehead atoms. The third-order valence-electron chi connectivity index (χ3n) is 6.66. The SMILES string of the molecule is O=C(O[C]1[C](c2ccccc2)[C](c2ccccc2)[C](c2ccccc2)[C]1c1ccccc1)c1ccccc1. The van der Waals surface area contributed by atoms with Crippen molar-refractivity contribution in [3.05, 3.63) is 209 Å². The summed E-state index contributed by atoms with van der Waals surface area (Å²) >= 11 is 0. The normalized spacial score (nSPS) is 15.5. The number of benzene rings is 5. The second kappa shape index (κ2) is 10.9. The first-order valence-electron chi connectivity index (χ1n) is 12.7. The fourth-order valence-corrected chi connectivity index (χ4v) is 4.98. The molecule has 38 heavy (non-hydrogen) atoms. The van der Waals surface area contributed by atoms with Crippen LogP contribution in [-0.4, -0.2) is 5.97 Å². The van der Waals surface area contributed by atoms with Crippen LogP contribution in [-0.2, 0) is 4.74 Å². The Bertz CT molecular complexity index is 1360. The summed E-state index contributed by atoms with van der Waals surface area (Å²) < 4.78 is 6.40. The van der Waals surface area contributed by atoms with Crippen molar-refractivity contribution in [2.45, 2.75) is 0 Å². The van der Waals surface area contributed by atoms with E-state index in [0.717, 1.165) is 45.9 Å². The molecule has 2 nitrogen and oxygen atoms in total. The molecule has 0 saturated heterocycles. The third kappa shape index (κ3) is 4.66. The largest absolute Gasteiger partial charge is 0.449 e. The average molecular weight is 490 g/mol. The number of rotatable bonds is 6. The minimum Gasteiger partial charge on any atom is -0.449 e. The molecule has 0 N–H and O–H groups in total. The zero-order valence-electron chi connectivity index (χ0n) is 20.8. The van der Waals surface area contributed by atoms with Gasteiger partial charge in [-0.25, -0.2) is 4.79 Å². The molecule has 181 valence electrons. The smallest absolute Gasteiger partial charge is 0.338 e. The van der Waals surface area contributed by atoms with Gasteiger partial charge in [0.05, 0.1) is 17.4 Å². The molecule has 1 aliphatic rings. The van der Waals surface area contributed by atoms with Gasteiger partial charge in [-0.1, -0.05) is 140 Å². The summed E-state index contributed by atoms with van der Waals surface area (Å²) in [4.78, 5) is 13.6. The number of carbonyl (C=O) groups is 1. The third-order valence-corrected chi connectivity index (χ3v) is 6.66. The molecule has 0 spiro atoms. The number of carbonyl (C=O) groups excluding carboxylic acids is 1. The molecular formula is C36H25O2. The fourth-order valence-electron chi connectivity index (χ4n) is 4.98. The summed E-state index contributed by atoms with van der Waals surface area (Å²) in [5.41, 5.74) is 4.60. The number of esters is 1. The van der Waals surface area contributed by atoms with E-state index in [0.29, 0.717) is 11.7 Å². The topological polar surface area (TPSA) is 26.3 Å². The first-order chi connectivity index (χ1) is 18.8. The lowest BCUT2D eigenvalue weighted by atomic mass is 9.75. The highest BCUT2D eigenvalue weighted by molar-refractivity contribution is 5.92. The van der Waals surface area contributed by atoms with Crippen LogP contribution >= 0.6 is 0 Å². The molecule has 0 unspecified atom stereocenters. The summed E-state index contributed by atoms with van der Waals surface area (Å²) in [5.74, 6) is 3.50. The molecule has 0 aromatic heterocycles. The van der Waals surface area contributed by atoms with Gasteiger partial charge in [0.25, 0.3) is 0 Å². The van der Waals surface area contributed by atoms with E-state index in [-0.39, 0.29) is 5.97 Å². The maximum atomic E-state index is 13.6. The van der Waals surface area contributed by atoms with Crippen LogP contribution in [0.25, 0.3) is 0 Å². The molecule has 6 rings (SSSR count). The van der Waals surface area contributed by atoms with E-state index in [1.807, 2.05) is 91.0 Å². The van der Waals surface area contributed by atoms with E-state index in [2.05, 4.69) is 48.5 Å². The van der Waals surface area contributed by atoms with Gasteiger partial charge in [-0.05, 0) is 34.4 Å². The molecule has 1 fully saturated rings. The minimum absolute atomic E-state index is 0.385. The molecule has 5 radical (unpaired) electrons. The van der Waals surface area contributed by atoms with Crippen LogP contribution in [0.2, 0.25) is 0 Å².